The minimum absolute atomic E-state index is 0.0348. The molecule has 20 heavy (non-hydrogen) atoms. The quantitative estimate of drug-likeness (QED) is 0.861. The number of aromatic nitrogens is 5. The molecule has 0 bridgehead atoms. The van der Waals surface area contributed by atoms with Crippen LogP contribution in [0.1, 0.15) is 10.4 Å². The van der Waals surface area contributed by atoms with Crippen LogP contribution in [0.15, 0.2) is 18.3 Å². The lowest BCUT2D eigenvalue weighted by Gasteiger charge is -2.08. The first-order chi connectivity index (χ1) is 9.44. The van der Waals surface area contributed by atoms with Crippen molar-refractivity contribution in [2.24, 2.45) is 0 Å². The SMILES string of the molecule is O=C(Nc1nn[nH]n1)c1ccc(OCC(F)(F)F)nc1. The van der Waals surface area contributed by atoms with Gasteiger partial charge in [-0.2, -0.15) is 18.4 Å². The fraction of sp³-hybridized carbons (Fsp3) is 0.222. The number of alkyl halides is 3. The Morgan fingerprint density at radius 3 is 2.75 bits per heavy atom. The van der Waals surface area contributed by atoms with Crippen LogP contribution < -0.4 is 10.1 Å². The molecule has 0 radical (unpaired) electrons. The Kier molecular flexibility index (Phi) is 3.77. The highest BCUT2D eigenvalue weighted by Crippen LogP contribution is 2.17. The number of carbonyl (C=O) groups is 1. The van der Waals surface area contributed by atoms with Crippen LogP contribution in [0.25, 0.3) is 0 Å². The van der Waals surface area contributed by atoms with Gasteiger partial charge in [0.15, 0.2) is 6.61 Å². The maximum absolute atomic E-state index is 11.9. The number of ether oxygens (including phenoxy) is 1. The highest BCUT2D eigenvalue weighted by Gasteiger charge is 2.28. The predicted molar refractivity (Wildman–Crippen MR) is 57.9 cm³/mol. The number of nitrogens with zero attached hydrogens (tertiary/aromatic N) is 4. The van der Waals surface area contributed by atoms with Gasteiger partial charge in [0, 0.05) is 12.3 Å². The molecule has 0 aliphatic heterocycles. The van der Waals surface area contributed by atoms with Crippen molar-refractivity contribution < 1.29 is 22.7 Å². The molecule has 1 amide bonds. The number of tetrazole rings is 1. The highest BCUT2D eigenvalue weighted by molar-refractivity contribution is 6.03. The number of anilines is 1. The lowest BCUT2D eigenvalue weighted by atomic mass is 10.3. The molecule has 11 heteroatoms. The maximum Gasteiger partial charge on any atom is 0.422 e. The zero-order valence-corrected chi connectivity index (χ0v) is 9.68. The third-order valence-electron chi connectivity index (χ3n) is 1.95. The minimum Gasteiger partial charge on any atom is -0.468 e. The summed E-state index contributed by atoms with van der Waals surface area (Å²) in [5.41, 5.74) is 0.106. The van der Waals surface area contributed by atoms with Crippen LogP contribution in [0.4, 0.5) is 19.1 Å². The fourth-order valence-electron chi connectivity index (χ4n) is 1.14. The lowest BCUT2D eigenvalue weighted by molar-refractivity contribution is -0.154. The second kappa shape index (κ2) is 5.50. The van der Waals surface area contributed by atoms with Gasteiger partial charge < -0.3 is 4.74 Å². The molecule has 0 fully saturated rings. The van der Waals surface area contributed by atoms with Crippen LogP contribution >= 0.6 is 0 Å². The third-order valence-corrected chi connectivity index (χ3v) is 1.95. The molecular formula is C9H7F3N6O2. The lowest BCUT2D eigenvalue weighted by Crippen LogP contribution is -2.19. The number of aromatic amines is 1. The van der Waals surface area contributed by atoms with Gasteiger partial charge in [-0.1, -0.05) is 5.10 Å². The van der Waals surface area contributed by atoms with Gasteiger partial charge in [0.05, 0.1) is 5.56 Å². The first kappa shape index (κ1) is 13.7. The molecule has 2 N–H and O–H groups in total. The molecule has 0 aliphatic rings. The van der Waals surface area contributed by atoms with E-state index in [-0.39, 0.29) is 17.4 Å². The van der Waals surface area contributed by atoms with E-state index in [1.54, 1.807) is 0 Å². The number of hydrogen-bond acceptors (Lipinski definition) is 6. The summed E-state index contributed by atoms with van der Waals surface area (Å²) in [5.74, 6) is -0.855. The summed E-state index contributed by atoms with van der Waals surface area (Å²) >= 11 is 0. The summed E-state index contributed by atoms with van der Waals surface area (Å²) in [7, 11) is 0. The van der Waals surface area contributed by atoms with Crippen molar-refractivity contribution in [3.63, 3.8) is 0 Å². The van der Waals surface area contributed by atoms with E-state index < -0.39 is 18.7 Å². The van der Waals surface area contributed by atoms with Gasteiger partial charge in [-0.3, -0.25) is 10.1 Å². The van der Waals surface area contributed by atoms with Gasteiger partial charge in [-0.15, -0.1) is 5.10 Å². The van der Waals surface area contributed by atoms with E-state index in [2.05, 4.69) is 35.7 Å². The van der Waals surface area contributed by atoms with Crippen LogP contribution in [0.3, 0.4) is 0 Å². The highest BCUT2D eigenvalue weighted by atomic mass is 19.4. The second-order valence-corrected chi connectivity index (χ2v) is 3.48. The number of rotatable bonds is 4. The van der Waals surface area contributed by atoms with E-state index in [1.165, 1.54) is 6.07 Å². The number of carbonyl (C=O) groups excluding carboxylic acids is 1. The summed E-state index contributed by atoms with van der Waals surface area (Å²) < 4.78 is 40.2. The van der Waals surface area contributed by atoms with Crippen LogP contribution in [0.5, 0.6) is 5.88 Å². The molecular weight excluding hydrogens is 281 g/mol. The van der Waals surface area contributed by atoms with Gasteiger partial charge in [0.1, 0.15) is 0 Å². The van der Waals surface area contributed by atoms with Gasteiger partial charge in [0.2, 0.25) is 5.88 Å². The Labute approximate surface area is 109 Å². The number of nitrogens with one attached hydrogen (secondary N) is 2. The maximum atomic E-state index is 11.9. The second-order valence-electron chi connectivity index (χ2n) is 3.48. The standard InChI is InChI=1S/C9H7F3N6O2/c10-9(11,12)4-20-6-2-1-5(3-13-6)7(19)14-8-15-17-18-16-8/h1-3H,4H2,(H2,14,15,16,17,18,19). The van der Waals surface area contributed by atoms with E-state index in [4.69, 9.17) is 0 Å². The van der Waals surface area contributed by atoms with E-state index in [0.29, 0.717) is 0 Å². The molecule has 8 nitrogen and oxygen atoms in total. The van der Waals surface area contributed by atoms with E-state index in [1.807, 2.05) is 0 Å². The first-order valence-electron chi connectivity index (χ1n) is 5.14. The van der Waals surface area contributed by atoms with Crippen molar-refractivity contribution in [2.45, 2.75) is 6.18 Å². The van der Waals surface area contributed by atoms with E-state index in [0.717, 1.165) is 12.3 Å². The number of halogens is 3. The monoisotopic (exact) mass is 288 g/mol. The Morgan fingerprint density at radius 1 is 1.40 bits per heavy atom. The molecule has 0 atom stereocenters. The molecule has 0 aliphatic carbocycles. The first-order valence-corrected chi connectivity index (χ1v) is 5.14. The van der Waals surface area contributed by atoms with Crippen LogP contribution in [0, 0.1) is 0 Å². The van der Waals surface area contributed by atoms with Crippen molar-refractivity contribution >= 4 is 11.9 Å². The number of hydrogen-bond donors (Lipinski definition) is 2. The fourth-order valence-corrected chi connectivity index (χ4v) is 1.14. The summed E-state index contributed by atoms with van der Waals surface area (Å²) in [5, 5.41) is 14.7. The Morgan fingerprint density at radius 2 is 2.20 bits per heavy atom. The Bertz CT molecular complexity index is 568. The molecule has 2 aromatic heterocycles. The van der Waals surface area contributed by atoms with Crippen molar-refractivity contribution in [3.8, 4) is 5.88 Å². The number of amides is 1. The van der Waals surface area contributed by atoms with Gasteiger partial charge in [-0.25, -0.2) is 4.98 Å². The molecule has 0 saturated carbocycles. The zero-order valence-electron chi connectivity index (χ0n) is 9.68. The summed E-state index contributed by atoms with van der Waals surface area (Å²) in [4.78, 5) is 15.2. The molecule has 0 aromatic carbocycles. The Balaban J connectivity index is 1.95. The van der Waals surface area contributed by atoms with Crippen LogP contribution in [0.2, 0.25) is 0 Å². The summed E-state index contributed by atoms with van der Waals surface area (Å²) in [6, 6.07) is 2.41. The largest absolute Gasteiger partial charge is 0.468 e. The normalized spacial score (nSPS) is 11.2. The van der Waals surface area contributed by atoms with Gasteiger partial charge >= 0.3 is 6.18 Å². The van der Waals surface area contributed by atoms with Crippen LogP contribution in [-0.4, -0.2) is 44.3 Å². The number of pyridine rings is 1. The topological polar surface area (TPSA) is 106 Å². The smallest absolute Gasteiger partial charge is 0.422 e. The molecule has 106 valence electrons. The van der Waals surface area contributed by atoms with Gasteiger partial charge in [0.25, 0.3) is 11.9 Å². The third kappa shape index (κ3) is 3.90. The predicted octanol–water partition coefficient (Wildman–Crippen LogP) is 0.788. The van der Waals surface area contributed by atoms with Gasteiger partial charge in [-0.05, 0) is 11.3 Å². The average molecular weight is 288 g/mol. The average Bonchev–Trinajstić information content (AvgIpc) is 2.89. The minimum atomic E-state index is -4.45. The summed E-state index contributed by atoms with van der Waals surface area (Å²) in [6.07, 6.45) is -3.38. The molecule has 2 heterocycles. The molecule has 0 unspecified atom stereocenters. The molecule has 2 aromatic rings. The van der Waals surface area contributed by atoms with E-state index >= 15 is 0 Å². The van der Waals surface area contributed by atoms with Crippen LogP contribution in [-0.2, 0) is 0 Å². The van der Waals surface area contributed by atoms with Crippen molar-refractivity contribution in [1.82, 2.24) is 25.6 Å². The van der Waals surface area contributed by atoms with Crippen molar-refractivity contribution in [1.29, 1.82) is 0 Å². The molecule has 0 saturated heterocycles. The van der Waals surface area contributed by atoms with Crippen molar-refractivity contribution in [2.75, 3.05) is 11.9 Å². The molecule has 0 spiro atoms. The van der Waals surface area contributed by atoms with Crippen molar-refractivity contribution in [3.05, 3.63) is 23.9 Å². The van der Waals surface area contributed by atoms with E-state index in [9.17, 15) is 18.0 Å². The summed E-state index contributed by atoms with van der Waals surface area (Å²) in [6.45, 7) is -1.45. The molecule has 2 rings (SSSR count). The Hall–Kier alpha value is -2.72. The zero-order chi connectivity index (χ0) is 14.6. The number of H-pyrrole nitrogens is 1.